The minimum atomic E-state index is -0.694. The van der Waals surface area contributed by atoms with E-state index in [1.165, 1.54) is 0 Å². The lowest BCUT2D eigenvalue weighted by molar-refractivity contribution is -0.149. The number of halogens is 1. The summed E-state index contributed by atoms with van der Waals surface area (Å²) in [5.41, 5.74) is 4.27. The molecule has 2 aromatic carbocycles. The highest BCUT2D eigenvalue weighted by atomic mass is 35.5. The largest absolute Gasteiger partial charge is 0.494 e. The van der Waals surface area contributed by atoms with Crippen LogP contribution in [-0.2, 0) is 19.1 Å². The van der Waals surface area contributed by atoms with Crippen molar-refractivity contribution in [3.63, 3.8) is 0 Å². The third-order valence-electron chi connectivity index (χ3n) is 3.60. The molecular weight excluding hydrogens is 428 g/mol. The van der Waals surface area contributed by atoms with E-state index >= 15 is 0 Å². The van der Waals surface area contributed by atoms with Crippen molar-refractivity contribution >= 4 is 29.4 Å². The van der Waals surface area contributed by atoms with Gasteiger partial charge in [-0.3, -0.25) is 25.2 Å². The van der Waals surface area contributed by atoms with E-state index in [1.807, 2.05) is 6.92 Å². The molecule has 0 unspecified atom stereocenters. The van der Waals surface area contributed by atoms with Gasteiger partial charge in [-0.05, 0) is 55.5 Å². The molecule has 2 amide bonds. The average Bonchev–Trinajstić information content (AvgIpc) is 2.77. The van der Waals surface area contributed by atoms with Crippen molar-refractivity contribution in [2.75, 3.05) is 26.4 Å². The van der Waals surface area contributed by atoms with E-state index in [1.54, 1.807) is 48.5 Å². The van der Waals surface area contributed by atoms with Crippen molar-refractivity contribution in [1.29, 1.82) is 0 Å². The Morgan fingerprint density at radius 3 is 1.90 bits per heavy atom. The summed E-state index contributed by atoms with van der Waals surface area (Å²) in [4.78, 5) is 35.0. The molecule has 0 aliphatic carbocycles. The lowest BCUT2D eigenvalue weighted by atomic mass is 10.3. The molecule has 166 valence electrons. The van der Waals surface area contributed by atoms with Gasteiger partial charge in [0.25, 0.3) is 11.8 Å². The number of benzene rings is 2. The fraction of sp³-hybridized carbons (Fsp3) is 0.286. The van der Waals surface area contributed by atoms with Crippen LogP contribution < -0.4 is 25.1 Å². The lowest BCUT2D eigenvalue weighted by Gasteiger charge is -2.10. The third-order valence-corrected chi connectivity index (χ3v) is 3.85. The number of rotatable bonds is 11. The van der Waals surface area contributed by atoms with Crippen molar-refractivity contribution in [3.8, 4) is 17.2 Å². The molecule has 0 fully saturated rings. The molecule has 0 atom stereocenters. The second-order valence-corrected chi connectivity index (χ2v) is 6.44. The fourth-order valence-electron chi connectivity index (χ4n) is 2.16. The van der Waals surface area contributed by atoms with E-state index in [-0.39, 0.29) is 19.6 Å². The van der Waals surface area contributed by atoms with Crippen LogP contribution >= 0.6 is 11.6 Å². The highest BCUT2D eigenvalue weighted by molar-refractivity contribution is 6.30. The molecule has 0 spiro atoms. The summed E-state index contributed by atoms with van der Waals surface area (Å²) < 4.78 is 20.8. The SMILES string of the molecule is CCOc1ccc(OCCC(=O)OCC(=O)NNC(=O)COc2ccc(Cl)cc2)cc1. The zero-order valence-corrected chi connectivity index (χ0v) is 17.6. The van der Waals surface area contributed by atoms with Crippen LogP contribution in [0.1, 0.15) is 13.3 Å². The Kier molecular flexibility index (Phi) is 9.96. The second-order valence-electron chi connectivity index (χ2n) is 6.00. The summed E-state index contributed by atoms with van der Waals surface area (Å²) in [6.07, 6.45) is -0.0399. The van der Waals surface area contributed by atoms with Crippen LogP contribution in [0, 0.1) is 0 Å². The number of carbonyl (C=O) groups excluding carboxylic acids is 3. The first-order chi connectivity index (χ1) is 15.0. The molecule has 0 saturated carbocycles. The van der Waals surface area contributed by atoms with Crippen molar-refractivity contribution < 1.29 is 33.3 Å². The molecule has 0 heterocycles. The minimum absolute atomic E-state index is 0.0399. The predicted octanol–water partition coefficient (Wildman–Crippen LogP) is 2.28. The van der Waals surface area contributed by atoms with Gasteiger partial charge in [0.2, 0.25) is 0 Å². The quantitative estimate of drug-likeness (QED) is 0.399. The number of nitrogens with one attached hydrogen (secondary N) is 2. The predicted molar refractivity (Wildman–Crippen MR) is 112 cm³/mol. The summed E-state index contributed by atoms with van der Waals surface area (Å²) in [6, 6.07) is 13.4. The Hall–Kier alpha value is -3.46. The molecule has 2 N–H and O–H groups in total. The summed E-state index contributed by atoms with van der Waals surface area (Å²) in [7, 11) is 0. The Labute approximate surface area is 184 Å². The van der Waals surface area contributed by atoms with E-state index in [9.17, 15) is 14.4 Å². The average molecular weight is 451 g/mol. The van der Waals surface area contributed by atoms with E-state index in [0.29, 0.717) is 23.1 Å². The number of hydrogen-bond acceptors (Lipinski definition) is 7. The van der Waals surface area contributed by atoms with Crippen molar-refractivity contribution in [1.82, 2.24) is 10.9 Å². The Bertz CT molecular complexity index is 857. The Balaban J connectivity index is 1.55. The van der Waals surface area contributed by atoms with E-state index in [0.717, 1.165) is 5.75 Å². The summed E-state index contributed by atoms with van der Waals surface area (Å²) in [6.45, 7) is 1.69. The van der Waals surface area contributed by atoms with Crippen molar-refractivity contribution in [2.24, 2.45) is 0 Å². The van der Waals surface area contributed by atoms with Gasteiger partial charge in [-0.2, -0.15) is 0 Å². The number of amides is 2. The van der Waals surface area contributed by atoms with E-state index < -0.39 is 24.4 Å². The molecule has 2 aromatic rings. The topological polar surface area (TPSA) is 112 Å². The molecule has 0 aliphatic heterocycles. The van der Waals surface area contributed by atoms with Gasteiger partial charge >= 0.3 is 5.97 Å². The van der Waals surface area contributed by atoms with Crippen LogP contribution in [0.3, 0.4) is 0 Å². The summed E-state index contributed by atoms with van der Waals surface area (Å²) in [5.74, 6) is -0.133. The molecule has 0 saturated heterocycles. The monoisotopic (exact) mass is 450 g/mol. The van der Waals surface area contributed by atoms with Crippen LogP contribution in [0.2, 0.25) is 5.02 Å². The van der Waals surface area contributed by atoms with Gasteiger partial charge in [0.05, 0.1) is 19.6 Å². The molecule has 0 aromatic heterocycles. The fourth-order valence-corrected chi connectivity index (χ4v) is 2.29. The minimum Gasteiger partial charge on any atom is -0.494 e. The molecule has 0 radical (unpaired) electrons. The molecular formula is C21H23ClN2O7. The molecule has 31 heavy (non-hydrogen) atoms. The van der Waals surface area contributed by atoms with Gasteiger partial charge in [0, 0.05) is 5.02 Å². The van der Waals surface area contributed by atoms with E-state index in [4.69, 9.17) is 30.5 Å². The summed E-state index contributed by atoms with van der Waals surface area (Å²) in [5, 5.41) is 0.543. The van der Waals surface area contributed by atoms with Gasteiger partial charge in [-0.15, -0.1) is 0 Å². The highest BCUT2D eigenvalue weighted by Crippen LogP contribution is 2.17. The van der Waals surface area contributed by atoms with Gasteiger partial charge in [-0.1, -0.05) is 11.6 Å². The van der Waals surface area contributed by atoms with Gasteiger partial charge < -0.3 is 18.9 Å². The molecule has 2 rings (SSSR count). The molecule has 9 nitrogen and oxygen atoms in total. The molecule has 10 heteroatoms. The number of carbonyl (C=O) groups is 3. The normalized spacial score (nSPS) is 10.0. The van der Waals surface area contributed by atoms with Crippen LogP contribution in [0.5, 0.6) is 17.2 Å². The van der Waals surface area contributed by atoms with Gasteiger partial charge in [0.1, 0.15) is 17.2 Å². The highest BCUT2D eigenvalue weighted by Gasteiger charge is 2.10. The Morgan fingerprint density at radius 1 is 0.774 bits per heavy atom. The lowest BCUT2D eigenvalue weighted by Crippen LogP contribution is -2.45. The maximum Gasteiger partial charge on any atom is 0.309 e. The maximum absolute atomic E-state index is 11.7. The number of hydrazine groups is 1. The first-order valence-corrected chi connectivity index (χ1v) is 9.81. The van der Waals surface area contributed by atoms with Crippen molar-refractivity contribution in [2.45, 2.75) is 13.3 Å². The second kappa shape index (κ2) is 13.0. The van der Waals surface area contributed by atoms with E-state index in [2.05, 4.69) is 10.9 Å². The third kappa shape index (κ3) is 9.72. The number of esters is 1. The van der Waals surface area contributed by atoms with Crippen LogP contribution in [0.4, 0.5) is 0 Å². The van der Waals surface area contributed by atoms with Crippen LogP contribution in [-0.4, -0.2) is 44.2 Å². The number of hydrogen-bond donors (Lipinski definition) is 2. The first kappa shape index (κ1) is 23.8. The molecule has 0 aliphatic rings. The zero-order valence-electron chi connectivity index (χ0n) is 16.9. The maximum atomic E-state index is 11.7. The molecule has 0 bridgehead atoms. The van der Waals surface area contributed by atoms with Crippen LogP contribution in [0.25, 0.3) is 0 Å². The standard InChI is InChI=1S/C21H23ClN2O7/c1-2-28-16-7-9-17(10-8-16)29-12-11-21(27)31-14-20(26)24-23-19(25)13-30-18-5-3-15(22)4-6-18/h3-10H,2,11-14H2,1H3,(H,23,25)(H,24,26). The van der Waals surface area contributed by atoms with Gasteiger partial charge in [0.15, 0.2) is 13.2 Å². The Morgan fingerprint density at radius 2 is 1.29 bits per heavy atom. The van der Waals surface area contributed by atoms with Crippen molar-refractivity contribution in [3.05, 3.63) is 53.6 Å². The first-order valence-electron chi connectivity index (χ1n) is 9.43. The number of ether oxygens (including phenoxy) is 4. The van der Waals surface area contributed by atoms with Gasteiger partial charge in [-0.25, -0.2) is 0 Å². The van der Waals surface area contributed by atoms with Crippen LogP contribution in [0.15, 0.2) is 48.5 Å². The zero-order chi connectivity index (χ0) is 22.5. The smallest absolute Gasteiger partial charge is 0.309 e. The summed E-state index contributed by atoms with van der Waals surface area (Å²) >= 11 is 5.75.